The van der Waals surface area contributed by atoms with E-state index in [2.05, 4.69) is 15.3 Å². The second-order valence-corrected chi connectivity index (χ2v) is 8.19. The third-order valence-electron chi connectivity index (χ3n) is 5.72. The molecule has 0 unspecified atom stereocenters. The molecule has 9 nitrogen and oxygen atoms in total. The number of ether oxygens (including phenoxy) is 3. The van der Waals surface area contributed by atoms with Crippen LogP contribution in [-0.2, 0) is 13.1 Å². The number of methoxy groups -OCH3 is 3. The normalized spacial score (nSPS) is 10.5. The first kappa shape index (κ1) is 25.4. The summed E-state index contributed by atoms with van der Waals surface area (Å²) in [6.45, 7) is 0.837. The Morgan fingerprint density at radius 2 is 1.62 bits per heavy atom. The molecule has 0 aliphatic carbocycles. The van der Waals surface area contributed by atoms with Gasteiger partial charge in [-0.15, -0.1) is 0 Å². The van der Waals surface area contributed by atoms with Gasteiger partial charge in [0.1, 0.15) is 11.4 Å². The Balaban J connectivity index is 1.72. The molecule has 0 bridgehead atoms. The summed E-state index contributed by atoms with van der Waals surface area (Å²) in [4.78, 5) is 28.7. The first-order valence-electron chi connectivity index (χ1n) is 11.6. The lowest BCUT2D eigenvalue weighted by Crippen LogP contribution is -2.28. The maximum Gasteiger partial charge on any atom is 0.256 e. The van der Waals surface area contributed by atoms with Gasteiger partial charge in [-0.05, 0) is 29.8 Å². The van der Waals surface area contributed by atoms with Crippen molar-refractivity contribution >= 4 is 11.7 Å². The minimum atomic E-state index is -0.294. The number of carbonyl (C=O) groups excluding carboxylic acids is 1. The summed E-state index contributed by atoms with van der Waals surface area (Å²) in [5.41, 5.74) is 2.85. The van der Waals surface area contributed by atoms with E-state index in [0.717, 1.165) is 11.3 Å². The van der Waals surface area contributed by atoms with Gasteiger partial charge in [0.25, 0.3) is 5.91 Å². The van der Waals surface area contributed by atoms with E-state index in [4.69, 9.17) is 19.2 Å². The second kappa shape index (κ2) is 11.9. The predicted molar refractivity (Wildman–Crippen MR) is 141 cm³/mol. The zero-order chi connectivity index (χ0) is 26.2. The number of aromatic nitrogens is 3. The molecule has 2 aromatic heterocycles. The molecule has 9 heteroatoms. The number of hydrogen-bond donors (Lipinski definition) is 1. The fourth-order valence-corrected chi connectivity index (χ4v) is 3.87. The van der Waals surface area contributed by atoms with Crippen molar-refractivity contribution in [1.29, 1.82) is 0 Å². The highest BCUT2D eigenvalue weighted by Gasteiger charge is 2.21. The minimum Gasteiger partial charge on any atom is -0.493 e. The first-order chi connectivity index (χ1) is 18.0. The summed E-state index contributed by atoms with van der Waals surface area (Å²) in [5, 5.41) is 2.92. The smallest absolute Gasteiger partial charge is 0.256 e. The Kier molecular flexibility index (Phi) is 8.15. The number of hydrogen-bond acceptors (Lipinski definition) is 8. The largest absolute Gasteiger partial charge is 0.493 e. The molecule has 4 aromatic rings. The number of benzene rings is 2. The van der Waals surface area contributed by atoms with E-state index in [1.807, 2.05) is 60.5 Å². The summed E-state index contributed by atoms with van der Waals surface area (Å²) in [6, 6.07) is 19.1. The maximum absolute atomic E-state index is 13.2. The van der Waals surface area contributed by atoms with Crippen molar-refractivity contribution in [3.8, 4) is 28.6 Å². The third kappa shape index (κ3) is 5.95. The van der Waals surface area contributed by atoms with Crippen molar-refractivity contribution in [2.75, 3.05) is 33.3 Å². The van der Waals surface area contributed by atoms with Crippen molar-refractivity contribution < 1.29 is 19.0 Å². The number of pyridine rings is 1. The van der Waals surface area contributed by atoms with E-state index >= 15 is 0 Å². The molecule has 1 N–H and O–H groups in total. The molecule has 0 radical (unpaired) electrons. The van der Waals surface area contributed by atoms with Crippen molar-refractivity contribution in [3.63, 3.8) is 0 Å². The lowest BCUT2D eigenvalue weighted by Gasteiger charge is -2.22. The third-order valence-corrected chi connectivity index (χ3v) is 5.72. The zero-order valence-corrected chi connectivity index (χ0v) is 21.3. The van der Waals surface area contributed by atoms with Gasteiger partial charge < -0.3 is 24.4 Å². The number of nitrogens with one attached hydrogen (secondary N) is 1. The van der Waals surface area contributed by atoms with E-state index in [-0.39, 0.29) is 12.5 Å². The molecular formula is C28H29N5O4. The van der Waals surface area contributed by atoms with Crippen LogP contribution in [0.3, 0.4) is 0 Å². The number of anilines is 1. The Bertz CT molecular complexity index is 1320. The Hall–Kier alpha value is -4.66. The van der Waals surface area contributed by atoms with Crippen molar-refractivity contribution in [3.05, 3.63) is 89.9 Å². The topological polar surface area (TPSA) is 98.7 Å². The van der Waals surface area contributed by atoms with Crippen LogP contribution in [0.25, 0.3) is 11.4 Å². The van der Waals surface area contributed by atoms with Crippen LogP contribution in [0.1, 0.15) is 21.6 Å². The van der Waals surface area contributed by atoms with E-state index < -0.39 is 0 Å². The fourth-order valence-electron chi connectivity index (χ4n) is 3.87. The maximum atomic E-state index is 13.2. The average molecular weight is 500 g/mol. The van der Waals surface area contributed by atoms with Gasteiger partial charge in [0.2, 0.25) is 5.75 Å². The minimum absolute atomic E-state index is 0.288. The van der Waals surface area contributed by atoms with Gasteiger partial charge >= 0.3 is 0 Å². The molecule has 0 spiro atoms. The van der Waals surface area contributed by atoms with Crippen LogP contribution in [0, 0.1) is 0 Å². The number of nitrogens with zero attached hydrogens (tertiary/aromatic N) is 4. The van der Waals surface area contributed by atoms with Crippen molar-refractivity contribution in [1.82, 2.24) is 20.3 Å². The SMILES string of the molecule is COc1cc(-c2ncc(C(=O)NCc3ccccn3)c(N(C)Cc3ccccc3)n2)cc(OC)c1OC. The van der Waals surface area contributed by atoms with Crippen LogP contribution in [0.4, 0.5) is 5.82 Å². The van der Waals surface area contributed by atoms with E-state index in [9.17, 15) is 4.79 Å². The number of rotatable bonds is 10. The standard InChI is InChI=1S/C28H29N5O4/c1-33(18-19-10-6-5-7-11-19)27-22(28(34)31-16-21-12-8-9-13-29-21)17-30-26(32-27)20-14-23(35-2)25(37-4)24(15-20)36-3/h5-15,17H,16,18H2,1-4H3,(H,31,34). The highest BCUT2D eigenvalue weighted by atomic mass is 16.5. The van der Waals surface area contributed by atoms with Crippen molar-refractivity contribution in [2.24, 2.45) is 0 Å². The molecule has 0 fully saturated rings. The van der Waals surface area contributed by atoms with Gasteiger partial charge in [-0.3, -0.25) is 9.78 Å². The molecule has 2 heterocycles. The fraction of sp³-hybridized carbons (Fsp3) is 0.214. The summed E-state index contributed by atoms with van der Waals surface area (Å²) < 4.78 is 16.4. The molecule has 190 valence electrons. The van der Waals surface area contributed by atoms with Crippen LogP contribution >= 0.6 is 0 Å². The van der Waals surface area contributed by atoms with Gasteiger partial charge in [-0.2, -0.15) is 0 Å². The van der Waals surface area contributed by atoms with Crippen LogP contribution in [0.15, 0.2) is 73.1 Å². The van der Waals surface area contributed by atoms with Gasteiger partial charge in [-0.25, -0.2) is 9.97 Å². The second-order valence-electron chi connectivity index (χ2n) is 8.19. The van der Waals surface area contributed by atoms with E-state index in [1.165, 1.54) is 6.20 Å². The molecule has 1 amide bonds. The van der Waals surface area contributed by atoms with Crippen LogP contribution in [0.5, 0.6) is 17.2 Å². The van der Waals surface area contributed by atoms with Crippen LogP contribution in [-0.4, -0.2) is 49.2 Å². The summed E-state index contributed by atoms with van der Waals surface area (Å²) in [7, 11) is 6.54. The number of carbonyl (C=O) groups is 1. The highest BCUT2D eigenvalue weighted by molar-refractivity contribution is 5.98. The monoisotopic (exact) mass is 499 g/mol. The zero-order valence-electron chi connectivity index (χ0n) is 21.3. The summed E-state index contributed by atoms with van der Waals surface area (Å²) >= 11 is 0. The molecule has 0 atom stereocenters. The van der Waals surface area contributed by atoms with Crippen molar-refractivity contribution in [2.45, 2.75) is 13.1 Å². The lowest BCUT2D eigenvalue weighted by molar-refractivity contribution is 0.0950. The van der Waals surface area contributed by atoms with Gasteiger partial charge in [-0.1, -0.05) is 36.4 Å². The first-order valence-corrected chi connectivity index (χ1v) is 11.6. The van der Waals surface area contributed by atoms with Gasteiger partial charge in [0.05, 0.1) is 33.6 Å². The van der Waals surface area contributed by atoms with E-state index in [0.29, 0.717) is 46.6 Å². The highest BCUT2D eigenvalue weighted by Crippen LogP contribution is 2.40. The quantitative estimate of drug-likeness (QED) is 0.348. The molecule has 2 aromatic carbocycles. The molecule has 4 rings (SSSR count). The molecule has 0 aliphatic rings. The van der Waals surface area contributed by atoms with Crippen LogP contribution in [0.2, 0.25) is 0 Å². The summed E-state index contributed by atoms with van der Waals surface area (Å²) in [6.07, 6.45) is 3.23. The molecule has 0 saturated carbocycles. The van der Waals surface area contributed by atoms with Gasteiger partial charge in [0, 0.05) is 31.5 Å². The Labute approximate surface area is 216 Å². The lowest BCUT2D eigenvalue weighted by atomic mass is 10.1. The van der Waals surface area contributed by atoms with Gasteiger partial charge in [0.15, 0.2) is 17.3 Å². The average Bonchev–Trinajstić information content (AvgIpc) is 2.95. The predicted octanol–water partition coefficient (Wildman–Crippen LogP) is 4.13. The number of amides is 1. The molecule has 0 saturated heterocycles. The summed E-state index contributed by atoms with van der Waals surface area (Å²) in [5.74, 6) is 2.04. The molecular weight excluding hydrogens is 470 g/mol. The Morgan fingerprint density at radius 1 is 0.919 bits per heavy atom. The Morgan fingerprint density at radius 3 is 2.24 bits per heavy atom. The molecule has 37 heavy (non-hydrogen) atoms. The van der Waals surface area contributed by atoms with E-state index in [1.54, 1.807) is 39.7 Å². The molecule has 0 aliphatic heterocycles. The van der Waals surface area contributed by atoms with Crippen LogP contribution < -0.4 is 24.4 Å².